The second kappa shape index (κ2) is 8.49. The molecule has 0 bridgehead atoms. The van der Waals surface area contributed by atoms with Crippen LogP contribution in [0.3, 0.4) is 0 Å². The Morgan fingerprint density at radius 1 is 1.33 bits per heavy atom. The van der Waals surface area contributed by atoms with Crippen LogP contribution in [0.4, 0.5) is 0 Å². The first-order valence-corrected chi connectivity index (χ1v) is 5.79. The minimum Gasteiger partial charge on any atom is -0.328 e. The predicted molar refractivity (Wildman–Crippen MR) is 64.4 cm³/mol. The van der Waals surface area contributed by atoms with Gasteiger partial charge in [0.2, 0.25) is 0 Å². The summed E-state index contributed by atoms with van der Waals surface area (Å²) in [5.74, 6) is 3.06. The van der Waals surface area contributed by atoms with Crippen molar-refractivity contribution >= 4 is 5.78 Å². The van der Waals surface area contributed by atoms with Crippen molar-refractivity contribution in [2.75, 3.05) is 0 Å². The number of rotatable bonds is 8. The average Bonchev–Trinajstić information content (AvgIpc) is 2.17. The zero-order chi connectivity index (χ0) is 11.7. The largest absolute Gasteiger partial charge is 0.328 e. The third-order valence-electron chi connectivity index (χ3n) is 2.59. The van der Waals surface area contributed by atoms with Gasteiger partial charge in [-0.2, -0.15) is 0 Å². The number of ketones is 1. The first kappa shape index (κ1) is 14.2. The van der Waals surface area contributed by atoms with Crippen LogP contribution >= 0.6 is 0 Å². The molecule has 2 nitrogen and oxygen atoms in total. The summed E-state index contributed by atoms with van der Waals surface area (Å²) in [4.78, 5) is 11.6. The maximum absolute atomic E-state index is 11.6. The van der Waals surface area contributed by atoms with Crippen molar-refractivity contribution < 1.29 is 4.79 Å². The van der Waals surface area contributed by atoms with Gasteiger partial charge in [0.05, 0.1) is 0 Å². The van der Waals surface area contributed by atoms with Crippen LogP contribution in [0.15, 0.2) is 0 Å². The van der Waals surface area contributed by atoms with Crippen LogP contribution in [0, 0.1) is 18.3 Å². The second-order valence-corrected chi connectivity index (χ2v) is 4.33. The van der Waals surface area contributed by atoms with Crippen LogP contribution in [0.5, 0.6) is 0 Å². The third kappa shape index (κ3) is 8.20. The molecule has 0 aliphatic carbocycles. The Bertz CT molecular complexity index is 215. The number of carbonyl (C=O) groups is 1. The molecule has 0 rings (SSSR count). The van der Waals surface area contributed by atoms with E-state index in [1.165, 1.54) is 0 Å². The molecule has 0 heterocycles. The highest BCUT2D eigenvalue weighted by molar-refractivity contribution is 5.80. The summed E-state index contributed by atoms with van der Waals surface area (Å²) in [6, 6.07) is 0.244. The zero-order valence-electron chi connectivity index (χ0n) is 9.96. The zero-order valence-corrected chi connectivity index (χ0v) is 9.96. The number of unbranched alkanes of at least 4 members (excludes halogenated alkanes) is 1. The predicted octanol–water partition coefficient (Wildman–Crippen LogP) is 2.51. The highest BCUT2D eigenvalue weighted by Gasteiger charge is 2.11. The van der Waals surface area contributed by atoms with Crippen molar-refractivity contribution in [1.82, 2.24) is 0 Å². The molecule has 0 radical (unpaired) electrons. The fourth-order valence-electron chi connectivity index (χ4n) is 1.52. The Balaban J connectivity index is 3.56. The lowest BCUT2D eigenvalue weighted by Crippen LogP contribution is -2.16. The molecule has 0 spiro atoms. The van der Waals surface area contributed by atoms with Crippen molar-refractivity contribution in [3.05, 3.63) is 0 Å². The molecule has 0 aromatic carbocycles. The molecule has 2 unspecified atom stereocenters. The molecule has 0 aromatic heterocycles. The standard InChI is InChI=1S/C13H23NO/c1-4-5-6-10-13(15)11(2)8-7-9-12(3)14/h1,11-12H,5-10,14H2,2-3H3. The van der Waals surface area contributed by atoms with Crippen molar-refractivity contribution in [2.45, 2.75) is 58.4 Å². The lowest BCUT2D eigenvalue weighted by atomic mass is 9.95. The summed E-state index contributed by atoms with van der Waals surface area (Å²) in [5.41, 5.74) is 5.65. The van der Waals surface area contributed by atoms with E-state index in [1.807, 2.05) is 13.8 Å². The van der Waals surface area contributed by atoms with Gasteiger partial charge in [-0.3, -0.25) is 4.79 Å². The highest BCUT2D eigenvalue weighted by Crippen LogP contribution is 2.13. The second-order valence-electron chi connectivity index (χ2n) is 4.33. The van der Waals surface area contributed by atoms with Crippen LogP contribution in [0.1, 0.15) is 52.4 Å². The van der Waals surface area contributed by atoms with E-state index in [0.717, 1.165) is 25.7 Å². The number of hydrogen-bond donors (Lipinski definition) is 1. The molecule has 0 aliphatic heterocycles. The smallest absolute Gasteiger partial charge is 0.135 e. The summed E-state index contributed by atoms with van der Waals surface area (Å²) in [6.07, 6.45) is 10.3. The van der Waals surface area contributed by atoms with Crippen molar-refractivity contribution in [2.24, 2.45) is 11.7 Å². The fraction of sp³-hybridized carbons (Fsp3) is 0.769. The minimum absolute atomic E-state index is 0.168. The Kier molecular flexibility index (Phi) is 8.04. The number of Topliss-reactive ketones (excluding diaryl/α,β-unsaturated/α-hetero) is 1. The first-order chi connectivity index (χ1) is 7.07. The van der Waals surface area contributed by atoms with Crippen LogP contribution in [0.2, 0.25) is 0 Å². The topological polar surface area (TPSA) is 43.1 Å². The number of hydrogen-bond acceptors (Lipinski definition) is 2. The summed E-state index contributed by atoms with van der Waals surface area (Å²) in [6.45, 7) is 4.00. The molecular formula is C13H23NO. The molecular weight excluding hydrogens is 186 g/mol. The fourth-order valence-corrected chi connectivity index (χ4v) is 1.52. The van der Waals surface area contributed by atoms with Gasteiger partial charge in [-0.1, -0.05) is 13.3 Å². The van der Waals surface area contributed by atoms with Gasteiger partial charge in [-0.15, -0.1) is 12.3 Å². The van der Waals surface area contributed by atoms with Gasteiger partial charge in [0, 0.05) is 24.8 Å². The molecule has 0 aliphatic rings. The van der Waals surface area contributed by atoms with Crippen LogP contribution in [-0.4, -0.2) is 11.8 Å². The van der Waals surface area contributed by atoms with Gasteiger partial charge in [-0.05, 0) is 26.2 Å². The van der Waals surface area contributed by atoms with Gasteiger partial charge < -0.3 is 5.73 Å². The molecule has 2 N–H and O–H groups in total. The van der Waals surface area contributed by atoms with E-state index in [2.05, 4.69) is 5.92 Å². The van der Waals surface area contributed by atoms with E-state index in [-0.39, 0.29) is 12.0 Å². The Morgan fingerprint density at radius 2 is 2.00 bits per heavy atom. The quantitative estimate of drug-likeness (QED) is 0.493. The van der Waals surface area contributed by atoms with E-state index in [1.54, 1.807) is 0 Å². The minimum atomic E-state index is 0.168. The molecule has 0 fully saturated rings. The first-order valence-electron chi connectivity index (χ1n) is 5.79. The lowest BCUT2D eigenvalue weighted by molar-refractivity contribution is -0.122. The Labute approximate surface area is 93.6 Å². The summed E-state index contributed by atoms with van der Waals surface area (Å²) in [5, 5.41) is 0. The number of carbonyl (C=O) groups excluding carboxylic acids is 1. The van der Waals surface area contributed by atoms with E-state index < -0.39 is 0 Å². The van der Waals surface area contributed by atoms with E-state index >= 15 is 0 Å². The Hall–Kier alpha value is -0.810. The lowest BCUT2D eigenvalue weighted by Gasteiger charge is -2.10. The van der Waals surface area contributed by atoms with Gasteiger partial charge in [0.25, 0.3) is 0 Å². The maximum Gasteiger partial charge on any atom is 0.135 e. The molecule has 86 valence electrons. The number of terminal acetylenes is 1. The Morgan fingerprint density at radius 3 is 2.53 bits per heavy atom. The summed E-state index contributed by atoms with van der Waals surface area (Å²) >= 11 is 0. The van der Waals surface area contributed by atoms with E-state index in [0.29, 0.717) is 18.6 Å². The van der Waals surface area contributed by atoms with Crippen LogP contribution in [-0.2, 0) is 4.79 Å². The van der Waals surface area contributed by atoms with Gasteiger partial charge in [0.1, 0.15) is 5.78 Å². The van der Waals surface area contributed by atoms with E-state index in [9.17, 15) is 4.79 Å². The average molecular weight is 209 g/mol. The monoisotopic (exact) mass is 209 g/mol. The molecule has 15 heavy (non-hydrogen) atoms. The maximum atomic E-state index is 11.6. The van der Waals surface area contributed by atoms with Crippen LogP contribution < -0.4 is 5.73 Å². The third-order valence-corrected chi connectivity index (χ3v) is 2.59. The molecule has 0 saturated heterocycles. The van der Waals surface area contributed by atoms with Crippen molar-refractivity contribution in [3.63, 3.8) is 0 Å². The summed E-state index contributed by atoms with van der Waals surface area (Å²) < 4.78 is 0. The van der Waals surface area contributed by atoms with Gasteiger partial charge in [-0.25, -0.2) is 0 Å². The van der Waals surface area contributed by atoms with Gasteiger partial charge in [0.15, 0.2) is 0 Å². The molecule has 2 atom stereocenters. The molecule has 0 aromatic rings. The highest BCUT2D eigenvalue weighted by atomic mass is 16.1. The molecule has 0 amide bonds. The SMILES string of the molecule is C#CCCCC(=O)C(C)CCCC(C)N. The molecule has 2 heteroatoms. The van der Waals surface area contributed by atoms with Crippen molar-refractivity contribution in [1.29, 1.82) is 0 Å². The van der Waals surface area contributed by atoms with Crippen molar-refractivity contribution in [3.8, 4) is 12.3 Å². The van der Waals surface area contributed by atoms with E-state index in [4.69, 9.17) is 12.2 Å². The summed E-state index contributed by atoms with van der Waals surface area (Å²) in [7, 11) is 0. The van der Waals surface area contributed by atoms with Gasteiger partial charge >= 0.3 is 0 Å². The number of nitrogens with two attached hydrogens (primary N) is 1. The van der Waals surface area contributed by atoms with Crippen LogP contribution in [0.25, 0.3) is 0 Å². The molecule has 0 saturated carbocycles. The normalized spacial score (nSPS) is 14.3.